The lowest BCUT2D eigenvalue weighted by molar-refractivity contribution is 0.595. The van der Waals surface area contributed by atoms with Crippen molar-refractivity contribution in [1.29, 1.82) is 0 Å². The van der Waals surface area contributed by atoms with Crippen LogP contribution in [-0.4, -0.2) is 19.5 Å². The van der Waals surface area contributed by atoms with Gasteiger partial charge in [0.05, 0.1) is 10.6 Å². The highest BCUT2D eigenvalue weighted by molar-refractivity contribution is 7.93. The minimum atomic E-state index is -3.22. The number of benzene rings is 1. The first-order chi connectivity index (χ1) is 6.12. The van der Waals surface area contributed by atoms with Gasteiger partial charge in [-0.3, -0.25) is 4.99 Å². The number of hydrogen-bond acceptors (Lipinski definition) is 3. The molecule has 0 saturated carbocycles. The quantitative estimate of drug-likeness (QED) is 0.713. The average Bonchev–Trinajstić information content (AvgIpc) is 2.85. The first-order valence-electron chi connectivity index (χ1n) is 3.95. The Bertz CT molecular complexity index is 448. The molecule has 0 aromatic heterocycles. The van der Waals surface area contributed by atoms with Gasteiger partial charge in [-0.25, -0.2) is 8.42 Å². The van der Waals surface area contributed by atoms with Crippen molar-refractivity contribution in [3.05, 3.63) is 30.3 Å². The van der Waals surface area contributed by atoms with E-state index in [1.54, 1.807) is 37.3 Å². The van der Waals surface area contributed by atoms with Crippen molar-refractivity contribution >= 4 is 15.5 Å². The van der Waals surface area contributed by atoms with Gasteiger partial charge < -0.3 is 0 Å². The van der Waals surface area contributed by atoms with E-state index >= 15 is 0 Å². The zero-order valence-electron chi connectivity index (χ0n) is 7.14. The van der Waals surface area contributed by atoms with Gasteiger partial charge in [0.25, 0.3) is 0 Å². The van der Waals surface area contributed by atoms with Gasteiger partial charge >= 0.3 is 0 Å². The predicted octanol–water partition coefficient (Wildman–Crippen LogP) is 1.26. The highest BCUT2D eigenvalue weighted by Crippen LogP contribution is 2.25. The molecule has 2 rings (SSSR count). The summed E-state index contributed by atoms with van der Waals surface area (Å²) < 4.78 is 23.4. The molecule has 1 unspecified atom stereocenters. The smallest absolute Gasteiger partial charge is 0.206 e. The van der Waals surface area contributed by atoms with Crippen LogP contribution in [0.25, 0.3) is 0 Å². The fraction of sp³-hybridized carbons (Fsp3) is 0.222. The average molecular weight is 195 g/mol. The molecule has 3 nitrogen and oxygen atoms in total. The van der Waals surface area contributed by atoms with Crippen molar-refractivity contribution < 1.29 is 8.42 Å². The normalized spacial score (nSPS) is 21.0. The molecule has 0 N–H and O–H groups in total. The summed E-state index contributed by atoms with van der Waals surface area (Å²) in [6.07, 6.45) is 0. The van der Waals surface area contributed by atoms with Crippen molar-refractivity contribution in [2.45, 2.75) is 17.2 Å². The van der Waals surface area contributed by atoms with E-state index in [0.29, 0.717) is 10.6 Å². The van der Waals surface area contributed by atoms with Gasteiger partial charge in [-0.05, 0) is 19.1 Å². The Kier molecular flexibility index (Phi) is 1.73. The van der Waals surface area contributed by atoms with Crippen LogP contribution in [0.15, 0.2) is 40.2 Å². The van der Waals surface area contributed by atoms with Gasteiger partial charge in [0.15, 0.2) is 5.37 Å². The molecule has 4 heteroatoms. The Morgan fingerprint density at radius 3 is 2.23 bits per heavy atom. The maximum atomic E-state index is 11.7. The minimum Gasteiger partial charge on any atom is -0.265 e. The molecule has 1 atom stereocenters. The van der Waals surface area contributed by atoms with E-state index in [0.717, 1.165) is 0 Å². The molecule has 0 bridgehead atoms. The first-order valence-corrected chi connectivity index (χ1v) is 5.50. The number of hydrogen-bond donors (Lipinski definition) is 0. The summed E-state index contributed by atoms with van der Waals surface area (Å²) in [6.45, 7) is 1.73. The summed E-state index contributed by atoms with van der Waals surface area (Å²) in [5.74, 6) is 0. The van der Waals surface area contributed by atoms with E-state index in [-0.39, 0.29) is 0 Å². The number of rotatable bonds is 2. The standard InChI is InChI=1S/C9H9NO2S/c1-7-9(10-7)13(11,12)8-5-3-2-4-6-8/h2-6,9H,1H3. The van der Waals surface area contributed by atoms with E-state index in [1.807, 2.05) is 0 Å². The number of sulfone groups is 1. The summed E-state index contributed by atoms with van der Waals surface area (Å²) in [5.41, 5.74) is 0.698. The SMILES string of the molecule is CC1=NC1S(=O)(=O)c1ccccc1. The van der Waals surface area contributed by atoms with Gasteiger partial charge in [-0.1, -0.05) is 18.2 Å². The summed E-state index contributed by atoms with van der Waals surface area (Å²) in [6, 6.07) is 8.40. The maximum absolute atomic E-state index is 11.7. The second-order valence-electron chi connectivity index (χ2n) is 2.98. The van der Waals surface area contributed by atoms with Gasteiger partial charge in [-0.15, -0.1) is 0 Å². The molecule has 1 aromatic rings. The van der Waals surface area contributed by atoms with Crippen LogP contribution in [0.4, 0.5) is 0 Å². The topological polar surface area (TPSA) is 46.5 Å². The van der Waals surface area contributed by atoms with E-state index in [2.05, 4.69) is 4.99 Å². The molecule has 0 spiro atoms. The fourth-order valence-corrected chi connectivity index (χ4v) is 2.73. The highest BCUT2D eigenvalue weighted by atomic mass is 32.2. The maximum Gasteiger partial charge on any atom is 0.206 e. The number of nitrogens with zero attached hydrogens (tertiary/aromatic N) is 1. The van der Waals surface area contributed by atoms with Gasteiger partial charge in [0.1, 0.15) is 0 Å². The molecule has 0 aliphatic carbocycles. The van der Waals surface area contributed by atoms with Crippen LogP contribution in [0, 0.1) is 0 Å². The van der Waals surface area contributed by atoms with Crippen LogP contribution in [0.3, 0.4) is 0 Å². The van der Waals surface area contributed by atoms with E-state index < -0.39 is 15.2 Å². The summed E-state index contributed by atoms with van der Waals surface area (Å²) >= 11 is 0. The van der Waals surface area contributed by atoms with Crippen LogP contribution in [-0.2, 0) is 9.84 Å². The summed E-state index contributed by atoms with van der Waals surface area (Å²) in [4.78, 5) is 4.18. The van der Waals surface area contributed by atoms with Crippen molar-refractivity contribution in [1.82, 2.24) is 0 Å². The highest BCUT2D eigenvalue weighted by Gasteiger charge is 2.37. The second kappa shape index (κ2) is 2.67. The third-order valence-corrected chi connectivity index (χ3v) is 3.94. The van der Waals surface area contributed by atoms with Gasteiger partial charge in [0, 0.05) is 0 Å². The Balaban J connectivity index is 2.37. The van der Waals surface area contributed by atoms with Gasteiger partial charge in [-0.2, -0.15) is 0 Å². The van der Waals surface area contributed by atoms with E-state index in [9.17, 15) is 8.42 Å². The van der Waals surface area contributed by atoms with Crippen LogP contribution in [0.1, 0.15) is 6.92 Å². The lowest BCUT2D eigenvalue weighted by atomic mass is 10.4. The van der Waals surface area contributed by atoms with E-state index in [1.165, 1.54) is 0 Å². The number of aliphatic imine (C=N–C) groups is 1. The molecule has 13 heavy (non-hydrogen) atoms. The van der Waals surface area contributed by atoms with Gasteiger partial charge in [0.2, 0.25) is 9.84 Å². The first kappa shape index (κ1) is 8.44. The zero-order chi connectivity index (χ0) is 9.47. The van der Waals surface area contributed by atoms with Crippen molar-refractivity contribution in [2.75, 3.05) is 0 Å². The molecular weight excluding hydrogens is 186 g/mol. The fourth-order valence-electron chi connectivity index (χ4n) is 1.18. The molecule has 0 radical (unpaired) electrons. The zero-order valence-corrected chi connectivity index (χ0v) is 7.95. The van der Waals surface area contributed by atoms with Crippen LogP contribution in [0.2, 0.25) is 0 Å². The van der Waals surface area contributed by atoms with E-state index in [4.69, 9.17) is 0 Å². The molecule has 0 saturated heterocycles. The van der Waals surface area contributed by atoms with Crippen molar-refractivity contribution in [3.8, 4) is 0 Å². The Hall–Kier alpha value is -1.16. The molecule has 1 aliphatic heterocycles. The monoisotopic (exact) mass is 195 g/mol. The molecule has 1 aromatic carbocycles. The van der Waals surface area contributed by atoms with Crippen molar-refractivity contribution in [3.63, 3.8) is 0 Å². The van der Waals surface area contributed by atoms with Crippen LogP contribution >= 0.6 is 0 Å². The molecule has 0 amide bonds. The molecule has 68 valence electrons. The largest absolute Gasteiger partial charge is 0.265 e. The Morgan fingerprint density at radius 1 is 1.23 bits per heavy atom. The Labute approximate surface area is 77.0 Å². The molecule has 0 fully saturated rings. The third-order valence-electron chi connectivity index (χ3n) is 1.98. The van der Waals surface area contributed by atoms with Crippen LogP contribution in [0.5, 0.6) is 0 Å². The van der Waals surface area contributed by atoms with Crippen LogP contribution < -0.4 is 0 Å². The minimum absolute atomic E-state index is 0.348. The molecular formula is C9H9NO2S. The summed E-state index contributed by atoms with van der Waals surface area (Å²) in [7, 11) is -3.22. The summed E-state index contributed by atoms with van der Waals surface area (Å²) in [5, 5.41) is -0.588. The third kappa shape index (κ3) is 1.37. The van der Waals surface area contributed by atoms with Crippen molar-refractivity contribution in [2.24, 2.45) is 4.99 Å². The molecule has 1 heterocycles. The lowest BCUT2D eigenvalue weighted by Gasteiger charge is -2.00. The lowest BCUT2D eigenvalue weighted by Crippen LogP contribution is -2.12. The molecule has 1 aliphatic rings. The second-order valence-corrected chi connectivity index (χ2v) is 4.99. The predicted molar refractivity (Wildman–Crippen MR) is 50.5 cm³/mol. The Morgan fingerprint density at radius 2 is 1.77 bits per heavy atom.